The number of ether oxygens (including phenoxy) is 1. The first-order valence-corrected chi connectivity index (χ1v) is 8.43. The van der Waals surface area contributed by atoms with Gasteiger partial charge in [-0.15, -0.1) is 0 Å². The van der Waals surface area contributed by atoms with Gasteiger partial charge >= 0.3 is 0 Å². The molecule has 0 saturated carbocycles. The largest absolute Gasteiger partial charge is 0.495 e. The summed E-state index contributed by atoms with van der Waals surface area (Å²) in [6, 6.07) is 11.1. The van der Waals surface area contributed by atoms with Gasteiger partial charge in [0.25, 0.3) is 5.91 Å². The topological polar surface area (TPSA) is 54.5 Å². The Bertz CT molecular complexity index is 677. The summed E-state index contributed by atoms with van der Waals surface area (Å²) in [5, 5.41) is 2.85. The summed E-state index contributed by atoms with van der Waals surface area (Å²) in [6.07, 6.45) is 6.82. The molecule has 0 unspecified atom stereocenters. The molecule has 1 fully saturated rings. The lowest BCUT2D eigenvalue weighted by Crippen LogP contribution is -2.24. The van der Waals surface area contributed by atoms with E-state index in [0.29, 0.717) is 17.1 Å². The molecule has 5 nitrogen and oxygen atoms in total. The summed E-state index contributed by atoms with van der Waals surface area (Å²) in [5.41, 5.74) is 2.13. The van der Waals surface area contributed by atoms with Crippen LogP contribution in [0.4, 0.5) is 11.4 Å². The molecule has 1 aliphatic rings. The number of pyridine rings is 1. The molecular formula is C19H23N3O2. The highest BCUT2D eigenvalue weighted by Crippen LogP contribution is 2.24. The lowest BCUT2D eigenvalue weighted by Gasteiger charge is -2.22. The third-order valence-corrected chi connectivity index (χ3v) is 4.31. The van der Waals surface area contributed by atoms with Gasteiger partial charge in [0.1, 0.15) is 11.4 Å². The van der Waals surface area contributed by atoms with E-state index in [-0.39, 0.29) is 5.91 Å². The number of nitrogens with zero attached hydrogens (tertiary/aromatic N) is 2. The minimum Gasteiger partial charge on any atom is -0.495 e. The van der Waals surface area contributed by atoms with Crippen LogP contribution in [0.25, 0.3) is 0 Å². The van der Waals surface area contributed by atoms with E-state index >= 15 is 0 Å². The first-order valence-electron chi connectivity index (χ1n) is 8.43. The SMILES string of the molecule is COc1ccccc1NC(=O)c1ccc(N2CCCCCC2)cn1. The summed E-state index contributed by atoms with van der Waals surface area (Å²) < 4.78 is 5.25. The van der Waals surface area contributed by atoms with Crippen molar-refractivity contribution < 1.29 is 9.53 Å². The maximum Gasteiger partial charge on any atom is 0.274 e. The van der Waals surface area contributed by atoms with Crippen molar-refractivity contribution in [2.24, 2.45) is 0 Å². The van der Waals surface area contributed by atoms with Crippen LogP contribution in [0.15, 0.2) is 42.6 Å². The van der Waals surface area contributed by atoms with Gasteiger partial charge in [0, 0.05) is 13.1 Å². The Labute approximate surface area is 142 Å². The lowest BCUT2D eigenvalue weighted by molar-refractivity contribution is 0.102. The van der Waals surface area contributed by atoms with Crippen LogP contribution in [0.1, 0.15) is 36.2 Å². The Morgan fingerprint density at radius 3 is 2.50 bits per heavy atom. The zero-order chi connectivity index (χ0) is 16.8. The van der Waals surface area contributed by atoms with Gasteiger partial charge in [-0.2, -0.15) is 0 Å². The monoisotopic (exact) mass is 325 g/mol. The van der Waals surface area contributed by atoms with Crippen molar-refractivity contribution in [3.05, 3.63) is 48.3 Å². The molecule has 2 heterocycles. The zero-order valence-corrected chi connectivity index (χ0v) is 14.0. The van der Waals surface area contributed by atoms with Gasteiger partial charge in [-0.25, -0.2) is 4.98 Å². The number of nitrogens with one attached hydrogen (secondary N) is 1. The minimum atomic E-state index is -0.234. The average Bonchev–Trinajstić information content (AvgIpc) is 2.92. The number of para-hydroxylation sites is 2. The van der Waals surface area contributed by atoms with Crippen LogP contribution in [-0.4, -0.2) is 31.1 Å². The number of aromatic nitrogens is 1. The van der Waals surface area contributed by atoms with Gasteiger partial charge < -0.3 is 15.0 Å². The van der Waals surface area contributed by atoms with Gasteiger partial charge in [-0.3, -0.25) is 4.79 Å². The van der Waals surface area contributed by atoms with E-state index in [1.54, 1.807) is 19.4 Å². The Morgan fingerprint density at radius 1 is 1.08 bits per heavy atom. The number of carbonyl (C=O) groups excluding carboxylic acids is 1. The molecule has 1 N–H and O–H groups in total. The number of benzene rings is 1. The highest BCUT2D eigenvalue weighted by atomic mass is 16.5. The number of hydrogen-bond donors (Lipinski definition) is 1. The third kappa shape index (κ3) is 3.85. The summed E-state index contributed by atoms with van der Waals surface area (Å²) in [7, 11) is 1.58. The van der Waals surface area contributed by atoms with Crippen LogP contribution in [0.5, 0.6) is 5.75 Å². The van der Waals surface area contributed by atoms with Crippen LogP contribution >= 0.6 is 0 Å². The van der Waals surface area contributed by atoms with E-state index in [1.165, 1.54) is 25.7 Å². The molecule has 0 spiro atoms. The number of carbonyl (C=O) groups is 1. The highest BCUT2D eigenvalue weighted by molar-refractivity contribution is 6.03. The fourth-order valence-corrected chi connectivity index (χ4v) is 2.97. The Balaban J connectivity index is 1.69. The van der Waals surface area contributed by atoms with Crippen LogP contribution in [-0.2, 0) is 0 Å². The highest BCUT2D eigenvalue weighted by Gasteiger charge is 2.13. The molecule has 1 saturated heterocycles. The van der Waals surface area contributed by atoms with Crippen LogP contribution in [0.3, 0.4) is 0 Å². The third-order valence-electron chi connectivity index (χ3n) is 4.31. The van der Waals surface area contributed by atoms with Crippen molar-refractivity contribution in [3.8, 4) is 5.75 Å². The molecule has 3 rings (SSSR count). The minimum absolute atomic E-state index is 0.234. The summed E-state index contributed by atoms with van der Waals surface area (Å²) in [5.74, 6) is 0.397. The molecule has 0 aliphatic carbocycles. The van der Waals surface area contributed by atoms with Crippen LogP contribution in [0, 0.1) is 0 Å². The number of hydrogen-bond acceptors (Lipinski definition) is 4. The van der Waals surface area contributed by atoms with Crippen molar-refractivity contribution in [1.29, 1.82) is 0 Å². The number of anilines is 2. The molecular weight excluding hydrogens is 302 g/mol. The predicted molar refractivity (Wildman–Crippen MR) is 95.9 cm³/mol. The second kappa shape index (κ2) is 7.81. The first kappa shape index (κ1) is 16.3. The molecule has 2 aromatic rings. The molecule has 0 bridgehead atoms. The van der Waals surface area contributed by atoms with E-state index in [0.717, 1.165) is 18.8 Å². The van der Waals surface area contributed by atoms with Gasteiger partial charge in [0.05, 0.1) is 24.7 Å². The molecule has 0 atom stereocenters. The zero-order valence-electron chi connectivity index (χ0n) is 14.0. The average molecular weight is 325 g/mol. The molecule has 1 aliphatic heterocycles. The number of methoxy groups -OCH3 is 1. The van der Waals surface area contributed by atoms with E-state index in [9.17, 15) is 4.79 Å². The first-order chi connectivity index (χ1) is 11.8. The molecule has 0 radical (unpaired) electrons. The van der Waals surface area contributed by atoms with E-state index in [4.69, 9.17) is 4.74 Å². The van der Waals surface area contributed by atoms with Crippen LogP contribution < -0.4 is 15.0 Å². The van der Waals surface area contributed by atoms with E-state index < -0.39 is 0 Å². The molecule has 1 amide bonds. The molecule has 24 heavy (non-hydrogen) atoms. The standard InChI is InChI=1S/C19H23N3O2/c1-24-18-9-5-4-8-16(18)21-19(23)17-11-10-15(14-20-17)22-12-6-2-3-7-13-22/h4-5,8-11,14H,2-3,6-7,12-13H2,1H3,(H,21,23). The van der Waals surface area contributed by atoms with E-state index in [1.807, 2.05) is 30.3 Å². The Kier molecular flexibility index (Phi) is 5.31. The van der Waals surface area contributed by atoms with Gasteiger partial charge in [0.15, 0.2) is 0 Å². The molecule has 1 aromatic carbocycles. The Morgan fingerprint density at radius 2 is 1.83 bits per heavy atom. The second-order valence-electron chi connectivity index (χ2n) is 5.96. The normalized spacial score (nSPS) is 14.8. The van der Waals surface area contributed by atoms with Crippen molar-refractivity contribution >= 4 is 17.3 Å². The van der Waals surface area contributed by atoms with Crippen molar-refractivity contribution in [1.82, 2.24) is 4.98 Å². The van der Waals surface area contributed by atoms with Gasteiger partial charge in [-0.1, -0.05) is 25.0 Å². The summed E-state index contributed by atoms with van der Waals surface area (Å²) in [6.45, 7) is 2.13. The smallest absolute Gasteiger partial charge is 0.274 e. The van der Waals surface area contributed by atoms with Crippen molar-refractivity contribution in [3.63, 3.8) is 0 Å². The van der Waals surface area contributed by atoms with Crippen molar-refractivity contribution in [2.45, 2.75) is 25.7 Å². The fraction of sp³-hybridized carbons (Fsp3) is 0.368. The quantitative estimate of drug-likeness (QED) is 0.931. The Hall–Kier alpha value is -2.56. The molecule has 5 heteroatoms. The van der Waals surface area contributed by atoms with Crippen LogP contribution in [0.2, 0.25) is 0 Å². The van der Waals surface area contributed by atoms with Crippen molar-refractivity contribution in [2.75, 3.05) is 30.4 Å². The number of rotatable bonds is 4. The summed E-state index contributed by atoms with van der Waals surface area (Å²) in [4.78, 5) is 19.1. The lowest BCUT2D eigenvalue weighted by atomic mass is 10.2. The summed E-state index contributed by atoms with van der Waals surface area (Å²) >= 11 is 0. The maximum atomic E-state index is 12.4. The van der Waals surface area contributed by atoms with Gasteiger partial charge in [-0.05, 0) is 37.1 Å². The molecule has 1 aromatic heterocycles. The fourth-order valence-electron chi connectivity index (χ4n) is 2.97. The van der Waals surface area contributed by atoms with Gasteiger partial charge in [0.2, 0.25) is 0 Å². The predicted octanol–water partition coefficient (Wildman–Crippen LogP) is 3.72. The maximum absolute atomic E-state index is 12.4. The van der Waals surface area contributed by atoms with E-state index in [2.05, 4.69) is 15.2 Å². The second-order valence-corrected chi connectivity index (χ2v) is 5.96. The molecule has 126 valence electrons. The number of amides is 1.